The maximum Gasteiger partial charge on any atom is 0.306 e. The van der Waals surface area contributed by atoms with Gasteiger partial charge >= 0.3 is 11.9 Å². The van der Waals surface area contributed by atoms with E-state index in [2.05, 4.69) is 33.5 Å². The van der Waals surface area contributed by atoms with Crippen molar-refractivity contribution in [1.29, 1.82) is 0 Å². The summed E-state index contributed by atoms with van der Waals surface area (Å²) < 4.78 is 10.6. The Bertz CT molecular complexity index is 323. The molecule has 0 rings (SSSR count). The summed E-state index contributed by atoms with van der Waals surface area (Å²) in [5, 5.41) is 0. The molecular weight excluding hydrogens is 296 g/mol. The number of hydrogen-bond acceptors (Lipinski definition) is 4. The van der Waals surface area contributed by atoms with E-state index in [0.717, 1.165) is 38.5 Å². The lowest BCUT2D eigenvalue weighted by Gasteiger charge is -2.26. The van der Waals surface area contributed by atoms with Crippen molar-refractivity contribution in [2.24, 2.45) is 0 Å². The van der Waals surface area contributed by atoms with Crippen LogP contribution in [0.1, 0.15) is 58.8 Å². The van der Waals surface area contributed by atoms with E-state index < -0.39 is 8.07 Å². The predicted octanol–water partition coefficient (Wildman–Crippen LogP) is 4.55. The number of esters is 2. The Hall–Kier alpha value is -0.843. The smallest absolute Gasteiger partial charge is 0.306 e. The molecule has 0 heterocycles. The molecule has 0 aromatic rings. The van der Waals surface area contributed by atoms with Gasteiger partial charge in [-0.25, -0.2) is 0 Å². The largest absolute Gasteiger partial charge is 0.466 e. The normalized spacial score (nSPS) is 12.8. The van der Waals surface area contributed by atoms with Crippen LogP contribution in [0.5, 0.6) is 0 Å². The SMILES string of the molecule is CCCCCOC(=O)CC(C(=O)OCCCCC)[Si](C)(C)C. The molecule has 0 radical (unpaired) electrons. The standard InChI is InChI=1S/C17H34O4Si/c1-6-8-10-12-20-16(18)14-15(22(3,4)5)17(19)21-13-11-9-7-2/h15H,6-14H2,1-5H3. The monoisotopic (exact) mass is 330 g/mol. The summed E-state index contributed by atoms with van der Waals surface area (Å²) in [6, 6.07) is 0. The lowest BCUT2D eigenvalue weighted by atomic mass is 10.2. The zero-order valence-electron chi connectivity index (χ0n) is 15.1. The van der Waals surface area contributed by atoms with Crippen LogP contribution < -0.4 is 0 Å². The molecule has 0 aromatic carbocycles. The lowest BCUT2D eigenvalue weighted by Crippen LogP contribution is -2.36. The Balaban J connectivity index is 4.33. The van der Waals surface area contributed by atoms with Gasteiger partial charge in [0.25, 0.3) is 0 Å². The molecule has 0 saturated carbocycles. The summed E-state index contributed by atoms with van der Waals surface area (Å²) in [5.41, 5.74) is -0.312. The minimum Gasteiger partial charge on any atom is -0.466 e. The fourth-order valence-corrected chi connectivity index (χ4v) is 3.70. The Morgan fingerprint density at radius 1 is 0.864 bits per heavy atom. The summed E-state index contributed by atoms with van der Waals surface area (Å²) >= 11 is 0. The van der Waals surface area contributed by atoms with E-state index in [1.165, 1.54) is 0 Å². The van der Waals surface area contributed by atoms with Gasteiger partial charge in [0, 0.05) is 0 Å². The second kappa shape index (κ2) is 11.7. The van der Waals surface area contributed by atoms with Gasteiger partial charge in [-0.15, -0.1) is 0 Å². The maximum absolute atomic E-state index is 12.3. The molecule has 0 aliphatic rings. The third-order valence-electron chi connectivity index (χ3n) is 3.70. The van der Waals surface area contributed by atoms with Crippen molar-refractivity contribution in [3.8, 4) is 0 Å². The van der Waals surface area contributed by atoms with Crippen molar-refractivity contribution in [1.82, 2.24) is 0 Å². The number of hydrogen-bond donors (Lipinski definition) is 0. The number of ether oxygens (including phenoxy) is 2. The molecule has 0 N–H and O–H groups in total. The highest BCUT2D eigenvalue weighted by atomic mass is 28.3. The van der Waals surface area contributed by atoms with Crippen LogP contribution in [0.25, 0.3) is 0 Å². The molecule has 5 heteroatoms. The lowest BCUT2D eigenvalue weighted by molar-refractivity contribution is -0.150. The average molecular weight is 331 g/mol. The van der Waals surface area contributed by atoms with Crippen LogP contribution in [0, 0.1) is 0 Å². The van der Waals surface area contributed by atoms with Crippen LogP contribution in [-0.2, 0) is 19.1 Å². The Morgan fingerprint density at radius 2 is 1.36 bits per heavy atom. The van der Waals surface area contributed by atoms with Crippen LogP contribution in [0.15, 0.2) is 0 Å². The number of carbonyl (C=O) groups is 2. The van der Waals surface area contributed by atoms with Gasteiger partial charge < -0.3 is 9.47 Å². The molecule has 0 aromatic heterocycles. The summed E-state index contributed by atoms with van der Waals surface area (Å²) in [6.45, 7) is 11.4. The van der Waals surface area contributed by atoms with E-state index in [9.17, 15) is 9.59 Å². The number of carbonyl (C=O) groups excluding carboxylic acids is 2. The summed E-state index contributed by atoms with van der Waals surface area (Å²) in [5.74, 6) is -0.491. The van der Waals surface area contributed by atoms with Crippen molar-refractivity contribution in [2.75, 3.05) is 13.2 Å². The molecule has 22 heavy (non-hydrogen) atoms. The highest BCUT2D eigenvalue weighted by Crippen LogP contribution is 2.27. The van der Waals surface area contributed by atoms with E-state index in [1.807, 2.05) is 0 Å². The van der Waals surface area contributed by atoms with Gasteiger partial charge in [-0.2, -0.15) is 0 Å². The van der Waals surface area contributed by atoms with Crippen molar-refractivity contribution >= 4 is 20.0 Å². The predicted molar refractivity (Wildman–Crippen MR) is 92.7 cm³/mol. The zero-order chi connectivity index (χ0) is 17.0. The summed E-state index contributed by atoms with van der Waals surface area (Å²) in [4.78, 5) is 24.2. The minimum absolute atomic E-state index is 0.161. The van der Waals surface area contributed by atoms with Crippen LogP contribution in [0.3, 0.4) is 0 Å². The Labute approximate surface area is 137 Å². The molecule has 0 amide bonds. The molecule has 0 aliphatic carbocycles. The van der Waals surface area contributed by atoms with Gasteiger partial charge in [0.2, 0.25) is 0 Å². The molecular formula is C17H34O4Si. The summed E-state index contributed by atoms with van der Waals surface area (Å²) in [6.07, 6.45) is 6.25. The number of rotatable bonds is 12. The van der Waals surface area contributed by atoms with Gasteiger partial charge in [0.05, 0.1) is 33.2 Å². The first-order chi connectivity index (χ1) is 10.3. The quantitative estimate of drug-likeness (QED) is 0.299. The van der Waals surface area contributed by atoms with Crippen molar-refractivity contribution in [3.63, 3.8) is 0 Å². The first kappa shape index (κ1) is 21.2. The third kappa shape index (κ3) is 9.98. The van der Waals surface area contributed by atoms with Gasteiger partial charge in [0.15, 0.2) is 0 Å². The molecule has 0 saturated heterocycles. The molecule has 0 fully saturated rings. The van der Waals surface area contributed by atoms with E-state index >= 15 is 0 Å². The van der Waals surface area contributed by atoms with E-state index in [4.69, 9.17) is 9.47 Å². The second-order valence-corrected chi connectivity index (χ2v) is 12.4. The number of unbranched alkanes of at least 4 members (excludes halogenated alkanes) is 4. The minimum atomic E-state index is -1.81. The Kier molecular flexibility index (Phi) is 11.2. The topological polar surface area (TPSA) is 52.6 Å². The molecule has 1 atom stereocenters. The van der Waals surface area contributed by atoms with E-state index in [1.54, 1.807) is 0 Å². The van der Waals surface area contributed by atoms with E-state index in [0.29, 0.717) is 13.2 Å². The molecule has 0 bridgehead atoms. The molecule has 0 aliphatic heterocycles. The van der Waals surface area contributed by atoms with Crippen LogP contribution in [-0.4, -0.2) is 33.2 Å². The van der Waals surface area contributed by atoms with Gasteiger partial charge in [-0.1, -0.05) is 59.2 Å². The second-order valence-electron chi connectivity index (χ2n) is 6.92. The van der Waals surface area contributed by atoms with Crippen LogP contribution in [0.4, 0.5) is 0 Å². The Morgan fingerprint density at radius 3 is 1.82 bits per heavy atom. The maximum atomic E-state index is 12.3. The van der Waals surface area contributed by atoms with Gasteiger partial charge in [-0.05, 0) is 12.8 Å². The first-order valence-corrected chi connectivity index (χ1v) is 12.2. The van der Waals surface area contributed by atoms with Crippen molar-refractivity contribution in [2.45, 2.75) is 84.0 Å². The summed E-state index contributed by atoms with van der Waals surface area (Å²) in [7, 11) is -1.81. The molecule has 0 spiro atoms. The molecule has 130 valence electrons. The highest BCUT2D eigenvalue weighted by molar-refractivity contribution is 6.80. The van der Waals surface area contributed by atoms with Crippen molar-refractivity contribution in [3.05, 3.63) is 0 Å². The van der Waals surface area contributed by atoms with Gasteiger partial charge in [-0.3, -0.25) is 9.59 Å². The average Bonchev–Trinajstić information content (AvgIpc) is 2.44. The fraction of sp³-hybridized carbons (Fsp3) is 0.882. The van der Waals surface area contributed by atoms with Crippen LogP contribution in [0.2, 0.25) is 25.2 Å². The zero-order valence-corrected chi connectivity index (χ0v) is 16.1. The highest BCUT2D eigenvalue weighted by Gasteiger charge is 2.36. The van der Waals surface area contributed by atoms with Crippen LogP contribution >= 0.6 is 0 Å². The molecule has 4 nitrogen and oxygen atoms in total. The third-order valence-corrected chi connectivity index (χ3v) is 6.23. The molecule has 1 unspecified atom stereocenters. The van der Waals surface area contributed by atoms with Crippen molar-refractivity contribution < 1.29 is 19.1 Å². The van der Waals surface area contributed by atoms with E-state index in [-0.39, 0.29) is 23.9 Å². The van der Waals surface area contributed by atoms with Gasteiger partial charge in [0.1, 0.15) is 0 Å². The first-order valence-electron chi connectivity index (χ1n) is 8.65. The fourth-order valence-electron chi connectivity index (χ4n) is 2.13.